The molecule has 10 heteroatoms. The van der Waals surface area contributed by atoms with Gasteiger partial charge in [-0.05, 0) is 11.6 Å². The molecule has 0 aliphatic carbocycles. The fourth-order valence-corrected chi connectivity index (χ4v) is 2.36. The number of rotatable bonds is 5. The van der Waals surface area contributed by atoms with Crippen molar-refractivity contribution in [3.63, 3.8) is 0 Å². The molecule has 0 saturated carbocycles. The Morgan fingerprint density at radius 1 is 1.38 bits per heavy atom. The van der Waals surface area contributed by atoms with Crippen LogP contribution in [0.4, 0.5) is 5.69 Å². The number of anilines is 1. The summed E-state index contributed by atoms with van der Waals surface area (Å²) in [6, 6.07) is 4.34. The maximum Gasteiger partial charge on any atom is 0.356 e. The standard InChI is InChI=1S/C14H10Cl3N3O4/c1-24-8-4-6(2-3-7(8)21)5-18-20-11-9(15)12(14(22)23)19-13(17)10(11)16/h2-5,21H,1H3,(H,19,20)(H,22,23)/p-1/b18-5+. The highest BCUT2D eigenvalue weighted by atomic mass is 35.5. The Hall–Kier alpha value is -2.22. The lowest BCUT2D eigenvalue weighted by Crippen LogP contribution is -2.05. The Balaban J connectivity index is 2.30. The number of carboxylic acid groups (broad SMARTS) is 1. The van der Waals surface area contributed by atoms with Crippen molar-refractivity contribution in [3.05, 3.63) is 44.7 Å². The van der Waals surface area contributed by atoms with Gasteiger partial charge in [-0.2, -0.15) is 5.10 Å². The van der Waals surface area contributed by atoms with Crippen molar-refractivity contribution < 1.29 is 19.7 Å². The van der Waals surface area contributed by atoms with E-state index in [1.165, 1.54) is 31.5 Å². The fraction of sp³-hybridized carbons (Fsp3) is 0.0714. The zero-order chi connectivity index (χ0) is 17.9. The summed E-state index contributed by atoms with van der Waals surface area (Å²) in [4.78, 5) is 14.7. The number of methoxy groups -OCH3 is 1. The van der Waals surface area contributed by atoms with E-state index >= 15 is 0 Å². The normalized spacial score (nSPS) is 10.8. The summed E-state index contributed by atoms with van der Waals surface area (Å²) in [5, 5.41) is 23.8. The van der Waals surface area contributed by atoms with Crippen molar-refractivity contribution in [2.45, 2.75) is 0 Å². The minimum atomic E-state index is -1.36. The molecular weight excluding hydrogens is 381 g/mol. The van der Waals surface area contributed by atoms with E-state index in [0.717, 1.165) is 0 Å². The van der Waals surface area contributed by atoms with Gasteiger partial charge in [0.25, 0.3) is 0 Å². The lowest BCUT2D eigenvalue weighted by Gasteiger charge is -2.12. The minimum absolute atomic E-state index is 0.000562. The number of hydrogen-bond donors (Lipinski definition) is 2. The molecule has 24 heavy (non-hydrogen) atoms. The lowest BCUT2D eigenvalue weighted by atomic mass is 10.2. The van der Waals surface area contributed by atoms with Gasteiger partial charge in [-0.1, -0.05) is 52.7 Å². The monoisotopic (exact) mass is 388 g/mol. The van der Waals surface area contributed by atoms with Gasteiger partial charge in [-0.15, -0.1) is 0 Å². The predicted molar refractivity (Wildman–Crippen MR) is 89.9 cm³/mol. The van der Waals surface area contributed by atoms with Crippen LogP contribution in [-0.4, -0.2) is 29.4 Å². The largest absolute Gasteiger partial charge is 0.870 e. The van der Waals surface area contributed by atoms with Crippen LogP contribution < -0.4 is 15.3 Å². The number of ether oxygens (including phenoxy) is 1. The van der Waals surface area contributed by atoms with E-state index < -0.39 is 11.7 Å². The quantitative estimate of drug-likeness (QED) is 0.462. The number of carbonyl (C=O) groups is 1. The van der Waals surface area contributed by atoms with Crippen LogP contribution in [0.2, 0.25) is 15.2 Å². The molecule has 2 N–H and O–H groups in total. The van der Waals surface area contributed by atoms with Gasteiger partial charge in [0.1, 0.15) is 15.8 Å². The van der Waals surface area contributed by atoms with E-state index in [2.05, 4.69) is 15.5 Å². The van der Waals surface area contributed by atoms with Gasteiger partial charge in [0.05, 0.1) is 19.0 Å². The van der Waals surface area contributed by atoms with Crippen molar-refractivity contribution in [2.75, 3.05) is 12.5 Å². The topological polar surface area (TPSA) is 107 Å². The second kappa shape index (κ2) is 7.57. The molecule has 1 aromatic heterocycles. The van der Waals surface area contributed by atoms with Crippen LogP contribution in [0, 0.1) is 0 Å². The van der Waals surface area contributed by atoms with Crippen LogP contribution in [-0.2, 0) is 0 Å². The molecule has 0 saturated heterocycles. The summed E-state index contributed by atoms with van der Waals surface area (Å²) in [5.74, 6) is -1.46. The molecule has 0 bridgehead atoms. The first kappa shape index (κ1) is 18.1. The zero-order valence-corrected chi connectivity index (χ0v) is 14.3. The van der Waals surface area contributed by atoms with E-state index in [1.807, 2.05) is 0 Å². The summed E-state index contributed by atoms with van der Waals surface area (Å²) < 4.78 is 4.92. The average molecular weight is 390 g/mol. The third-order valence-electron chi connectivity index (χ3n) is 2.82. The van der Waals surface area contributed by atoms with E-state index in [0.29, 0.717) is 5.56 Å². The Kier molecular flexibility index (Phi) is 5.71. The summed E-state index contributed by atoms with van der Waals surface area (Å²) in [7, 11) is 1.38. The summed E-state index contributed by atoms with van der Waals surface area (Å²) in [5.41, 5.74) is 2.62. The van der Waals surface area contributed by atoms with Crippen molar-refractivity contribution in [2.24, 2.45) is 5.10 Å². The first-order chi connectivity index (χ1) is 11.3. The summed E-state index contributed by atoms with van der Waals surface area (Å²) in [6.07, 6.45) is 1.36. The Morgan fingerprint density at radius 2 is 2.08 bits per heavy atom. The highest BCUT2D eigenvalue weighted by molar-refractivity contribution is 6.46. The van der Waals surface area contributed by atoms with Gasteiger partial charge in [0.2, 0.25) is 0 Å². The van der Waals surface area contributed by atoms with E-state index in [1.54, 1.807) is 0 Å². The number of benzene rings is 1. The molecule has 0 aliphatic rings. The number of nitrogens with one attached hydrogen (secondary N) is 1. The number of aromatic carboxylic acids is 1. The van der Waals surface area contributed by atoms with Gasteiger partial charge in [-0.25, -0.2) is 9.78 Å². The van der Waals surface area contributed by atoms with E-state index in [-0.39, 0.29) is 32.4 Å². The molecule has 2 aromatic rings. The molecule has 0 aliphatic heterocycles. The highest BCUT2D eigenvalue weighted by Gasteiger charge is 2.20. The van der Waals surface area contributed by atoms with Crippen LogP contribution in [0.3, 0.4) is 0 Å². The number of halogens is 3. The zero-order valence-electron chi connectivity index (χ0n) is 12.0. The molecule has 0 unspecified atom stereocenters. The van der Waals surface area contributed by atoms with Crippen molar-refractivity contribution in [1.82, 2.24) is 4.98 Å². The predicted octanol–water partition coefficient (Wildman–Crippen LogP) is 3.27. The maximum atomic E-state index is 11.4. The molecule has 1 heterocycles. The summed E-state index contributed by atoms with van der Waals surface area (Å²) >= 11 is 17.7. The smallest absolute Gasteiger partial charge is 0.356 e. The Bertz CT molecular complexity index is 827. The van der Waals surface area contributed by atoms with Crippen molar-refractivity contribution in [1.29, 1.82) is 0 Å². The number of hydrazone groups is 1. The van der Waals surface area contributed by atoms with Crippen molar-refractivity contribution in [3.8, 4) is 11.5 Å². The second-order valence-corrected chi connectivity index (χ2v) is 5.45. The first-order valence-corrected chi connectivity index (χ1v) is 7.40. The molecule has 0 spiro atoms. The highest BCUT2D eigenvalue weighted by Crippen LogP contribution is 2.36. The molecule has 0 atom stereocenters. The third-order valence-corrected chi connectivity index (χ3v) is 3.92. The average Bonchev–Trinajstić information content (AvgIpc) is 2.55. The van der Waals surface area contributed by atoms with Crippen molar-refractivity contribution >= 4 is 52.7 Å². The molecule has 2 rings (SSSR count). The van der Waals surface area contributed by atoms with Crippen LogP contribution in [0.5, 0.6) is 11.5 Å². The number of hydrogen-bond acceptors (Lipinski definition) is 6. The molecule has 0 amide bonds. The maximum absolute atomic E-state index is 11.4. The fourth-order valence-electron chi connectivity index (χ4n) is 1.69. The van der Waals surface area contributed by atoms with Crippen LogP contribution >= 0.6 is 34.8 Å². The van der Waals surface area contributed by atoms with Gasteiger partial charge in [0.15, 0.2) is 10.8 Å². The minimum Gasteiger partial charge on any atom is -0.870 e. The molecule has 126 valence electrons. The van der Waals surface area contributed by atoms with Gasteiger partial charge >= 0.3 is 5.97 Å². The van der Waals surface area contributed by atoms with E-state index in [4.69, 9.17) is 44.6 Å². The lowest BCUT2D eigenvalue weighted by molar-refractivity contribution is -0.270. The SMILES string of the molecule is COc1cc(/C=N/Nc2c(Cl)c(Cl)nc(C(=O)O)c2Cl)ccc1[O-]. The molecule has 1 aromatic carbocycles. The number of aromatic nitrogens is 1. The summed E-state index contributed by atoms with van der Waals surface area (Å²) in [6.45, 7) is 0. The third kappa shape index (κ3) is 3.81. The second-order valence-electron chi connectivity index (χ2n) is 4.34. The van der Waals surface area contributed by atoms with Gasteiger partial charge in [-0.3, -0.25) is 5.43 Å². The Morgan fingerprint density at radius 3 is 2.71 bits per heavy atom. The van der Waals surface area contributed by atoms with Crippen LogP contribution in [0.1, 0.15) is 16.1 Å². The van der Waals surface area contributed by atoms with Gasteiger partial charge in [0, 0.05) is 0 Å². The van der Waals surface area contributed by atoms with Crippen LogP contribution in [0.25, 0.3) is 0 Å². The van der Waals surface area contributed by atoms with Crippen LogP contribution in [0.15, 0.2) is 23.3 Å². The Labute approximate surface area is 151 Å². The first-order valence-electron chi connectivity index (χ1n) is 6.27. The number of nitrogens with zero attached hydrogens (tertiary/aromatic N) is 2. The molecule has 7 nitrogen and oxygen atoms in total. The number of carboxylic acids is 1. The van der Waals surface area contributed by atoms with Gasteiger partial charge < -0.3 is 14.9 Å². The molecular formula is C14H9Cl3N3O4-. The molecule has 0 fully saturated rings. The van der Waals surface area contributed by atoms with E-state index in [9.17, 15) is 9.90 Å². The number of pyridine rings is 1. The molecule has 0 radical (unpaired) electrons.